The number of Topliss-reactive ketones (excluding diaryl/α,β-unsaturated/α-hetero) is 1. The number of nitrogens with one attached hydrogen (secondary N) is 1. The Hall–Kier alpha value is -2.18. The van der Waals surface area contributed by atoms with Crippen molar-refractivity contribution in [3.63, 3.8) is 0 Å². The molecule has 0 unspecified atom stereocenters. The van der Waals surface area contributed by atoms with Crippen molar-refractivity contribution in [2.45, 2.75) is 19.3 Å². The van der Waals surface area contributed by atoms with E-state index in [9.17, 15) is 9.59 Å². The average Bonchev–Trinajstić information content (AvgIpc) is 3.24. The summed E-state index contributed by atoms with van der Waals surface area (Å²) in [5, 5.41) is 4.88. The van der Waals surface area contributed by atoms with Gasteiger partial charge in [0.2, 0.25) is 5.91 Å². The summed E-state index contributed by atoms with van der Waals surface area (Å²) in [6, 6.07) is 14.2. The van der Waals surface area contributed by atoms with Crippen molar-refractivity contribution < 1.29 is 9.59 Å². The molecular formula is C21H27N3O2S. The molecule has 1 aromatic carbocycles. The molecule has 0 aliphatic carbocycles. The zero-order valence-electron chi connectivity index (χ0n) is 15.6. The Labute approximate surface area is 165 Å². The third-order valence-electron chi connectivity index (χ3n) is 4.85. The lowest BCUT2D eigenvalue weighted by molar-refractivity contribution is -0.121. The Bertz CT molecular complexity index is 710. The summed E-state index contributed by atoms with van der Waals surface area (Å²) in [6.45, 7) is 5.61. The summed E-state index contributed by atoms with van der Waals surface area (Å²) in [4.78, 5) is 29.4. The number of rotatable bonds is 9. The second kappa shape index (κ2) is 10.2. The van der Waals surface area contributed by atoms with Crippen molar-refractivity contribution >= 4 is 28.7 Å². The van der Waals surface area contributed by atoms with E-state index in [1.54, 1.807) is 0 Å². The number of benzene rings is 1. The SMILES string of the molecule is O=C(CCCC(=O)c1cccs1)NCCN1CCN(c2ccccc2)CC1. The van der Waals surface area contributed by atoms with Crippen LogP contribution in [0.2, 0.25) is 0 Å². The van der Waals surface area contributed by atoms with Crippen molar-refractivity contribution in [2.75, 3.05) is 44.2 Å². The topological polar surface area (TPSA) is 52.7 Å². The van der Waals surface area contributed by atoms with Crippen molar-refractivity contribution in [3.8, 4) is 0 Å². The molecule has 2 heterocycles. The highest BCUT2D eigenvalue weighted by Gasteiger charge is 2.16. The predicted molar refractivity (Wildman–Crippen MR) is 111 cm³/mol. The molecule has 1 saturated heterocycles. The van der Waals surface area contributed by atoms with E-state index in [1.807, 2.05) is 23.6 Å². The molecule has 3 rings (SSSR count). The molecule has 1 fully saturated rings. The molecule has 2 aromatic rings. The average molecular weight is 386 g/mol. The number of hydrogen-bond acceptors (Lipinski definition) is 5. The van der Waals surface area contributed by atoms with Crippen molar-refractivity contribution in [1.82, 2.24) is 10.2 Å². The summed E-state index contributed by atoms with van der Waals surface area (Å²) in [6.07, 6.45) is 1.46. The molecule has 1 amide bonds. The molecule has 5 nitrogen and oxygen atoms in total. The van der Waals surface area contributed by atoms with Crippen LogP contribution >= 0.6 is 11.3 Å². The van der Waals surface area contributed by atoms with Gasteiger partial charge in [0.25, 0.3) is 0 Å². The summed E-state index contributed by atoms with van der Waals surface area (Å²) >= 11 is 1.46. The van der Waals surface area contributed by atoms with Gasteiger partial charge in [0.15, 0.2) is 5.78 Å². The van der Waals surface area contributed by atoms with Crippen LogP contribution in [0.25, 0.3) is 0 Å². The number of para-hydroxylation sites is 1. The van der Waals surface area contributed by atoms with Gasteiger partial charge in [0, 0.05) is 57.8 Å². The fraction of sp³-hybridized carbons (Fsp3) is 0.429. The standard InChI is InChI=1S/C21H27N3O2S/c25-19(20-9-5-17-27-20)8-4-10-21(26)22-11-12-23-13-15-24(16-14-23)18-6-2-1-3-7-18/h1-3,5-7,9,17H,4,8,10-16H2,(H,22,26). The van der Waals surface area contributed by atoms with Crippen molar-refractivity contribution in [2.24, 2.45) is 0 Å². The maximum atomic E-state index is 11.9. The summed E-state index contributed by atoms with van der Waals surface area (Å²) in [5.41, 5.74) is 1.28. The first kappa shape index (κ1) is 19.6. The van der Waals surface area contributed by atoms with E-state index in [1.165, 1.54) is 17.0 Å². The summed E-state index contributed by atoms with van der Waals surface area (Å²) in [7, 11) is 0. The number of piperazine rings is 1. The molecular weight excluding hydrogens is 358 g/mol. The second-order valence-electron chi connectivity index (χ2n) is 6.77. The second-order valence-corrected chi connectivity index (χ2v) is 7.72. The molecule has 0 saturated carbocycles. The van der Waals surface area contributed by atoms with Crippen molar-refractivity contribution in [3.05, 3.63) is 52.7 Å². The van der Waals surface area contributed by atoms with Crippen LogP contribution in [0.1, 0.15) is 28.9 Å². The number of nitrogens with zero attached hydrogens (tertiary/aromatic N) is 2. The van der Waals surface area contributed by atoms with Gasteiger partial charge in [-0.3, -0.25) is 14.5 Å². The first-order chi connectivity index (χ1) is 13.2. The monoisotopic (exact) mass is 385 g/mol. The number of anilines is 1. The number of thiophene rings is 1. The highest BCUT2D eigenvalue weighted by Crippen LogP contribution is 2.15. The molecule has 0 spiro atoms. The number of amides is 1. The molecule has 0 atom stereocenters. The van der Waals surface area contributed by atoms with E-state index in [2.05, 4.69) is 39.4 Å². The van der Waals surface area contributed by atoms with Crippen LogP contribution in [0.15, 0.2) is 47.8 Å². The zero-order chi connectivity index (χ0) is 18.9. The maximum Gasteiger partial charge on any atom is 0.220 e. The molecule has 0 radical (unpaired) electrons. The van der Waals surface area contributed by atoms with Crippen LogP contribution in [0, 0.1) is 0 Å². The number of ketones is 1. The lowest BCUT2D eigenvalue weighted by Gasteiger charge is -2.36. The van der Waals surface area contributed by atoms with E-state index in [4.69, 9.17) is 0 Å². The fourth-order valence-corrected chi connectivity index (χ4v) is 3.97. The first-order valence-corrected chi connectivity index (χ1v) is 10.5. The van der Waals surface area contributed by atoms with Crippen molar-refractivity contribution in [1.29, 1.82) is 0 Å². The maximum absolute atomic E-state index is 11.9. The molecule has 6 heteroatoms. The molecule has 144 valence electrons. The van der Waals surface area contributed by atoms with Gasteiger partial charge in [-0.05, 0) is 30.0 Å². The van der Waals surface area contributed by atoms with E-state index in [0.29, 0.717) is 25.8 Å². The highest BCUT2D eigenvalue weighted by atomic mass is 32.1. The Morgan fingerprint density at radius 2 is 1.74 bits per heavy atom. The highest BCUT2D eigenvalue weighted by molar-refractivity contribution is 7.12. The van der Waals surface area contributed by atoms with Gasteiger partial charge in [0.1, 0.15) is 0 Å². The van der Waals surface area contributed by atoms with E-state index < -0.39 is 0 Å². The molecule has 1 aliphatic heterocycles. The molecule has 1 aromatic heterocycles. The van der Waals surface area contributed by atoms with E-state index >= 15 is 0 Å². The van der Waals surface area contributed by atoms with Gasteiger partial charge in [-0.15, -0.1) is 11.3 Å². The van der Waals surface area contributed by atoms with Gasteiger partial charge in [0.05, 0.1) is 4.88 Å². The Balaban J connectivity index is 1.26. The van der Waals surface area contributed by atoms with Gasteiger partial charge >= 0.3 is 0 Å². The predicted octanol–water partition coefficient (Wildman–Crippen LogP) is 3.04. The number of hydrogen-bond donors (Lipinski definition) is 1. The minimum Gasteiger partial charge on any atom is -0.369 e. The minimum absolute atomic E-state index is 0.0388. The van der Waals surface area contributed by atoms with Crippen LogP contribution in [0.4, 0.5) is 5.69 Å². The van der Waals surface area contributed by atoms with Gasteiger partial charge < -0.3 is 10.2 Å². The third kappa shape index (κ3) is 6.19. The van der Waals surface area contributed by atoms with Crippen LogP contribution in [-0.4, -0.2) is 55.9 Å². The molecule has 27 heavy (non-hydrogen) atoms. The van der Waals surface area contributed by atoms with Crippen LogP contribution in [0.3, 0.4) is 0 Å². The smallest absolute Gasteiger partial charge is 0.220 e. The Kier molecular flexibility index (Phi) is 7.42. The number of carbonyl (C=O) groups is 2. The molecule has 1 N–H and O–H groups in total. The largest absolute Gasteiger partial charge is 0.369 e. The van der Waals surface area contributed by atoms with Gasteiger partial charge in [-0.25, -0.2) is 0 Å². The molecule has 0 bridgehead atoms. The lowest BCUT2D eigenvalue weighted by atomic mass is 10.1. The third-order valence-corrected chi connectivity index (χ3v) is 5.76. The van der Waals surface area contributed by atoms with Crippen LogP contribution < -0.4 is 10.2 Å². The Morgan fingerprint density at radius 3 is 2.44 bits per heavy atom. The first-order valence-electron chi connectivity index (χ1n) is 9.58. The minimum atomic E-state index is 0.0388. The normalized spacial score (nSPS) is 14.9. The van der Waals surface area contributed by atoms with Crippen LogP contribution in [0.5, 0.6) is 0 Å². The number of carbonyl (C=O) groups excluding carboxylic acids is 2. The Morgan fingerprint density at radius 1 is 0.963 bits per heavy atom. The summed E-state index contributed by atoms with van der Waals surface area (Å²) in [5.74, 6) is 0.172. The van der Waals surface area contributed by atoms with E-state index in [0.717, 1.165) is 37.6 Å². The fourth-order valence-electron chi connectivity index (χ4n) is 3.28. The molecule has 1 aliphatic rings. The van der Waals surface area contributed by atoms with Gasteiger partial charge in [-0.2, -0.15) is 0 Å². The quantitative estimate of drug-likeness (QED) is 0.674. The van der Waals surface area contributed by atoms with E-state index in [-0.39, 0.29) is 11.7 Å². The van der Waals surface area contributed by atoms with Crippen LogP contribution in [-0.2, 0) is 4.79 Å². The zero-order valence-corrected chi connectivity index (χ0v) is 16.4. The van der Waals surface area contributed by atoms with Gasteiger partial charge in [-0.1, -0.05) is 24.3 Å². The summed E-state index contributed by atoms with van der Waals surface area (Å²) < 4.78 is 0. The lowest BCUT2D eigenvalue weighted by Crippen LogP contribution is -2.48.